The number of furan rings is 1. The van der Waals surface area contributed by atoms with Gasteiger partial charge in [0.15, 0.2) is 0 Å². The standard InChI is InChI=1S/C21H25N3O3S/c1-4-26-17-5-6-19-18(11-17)20(14(2)27-19)21(25)24-9-7-23(8-10-24)12-16-13-28-15(3)22-16/h5-6,11,13H,4,7-10,12H2,1-3H3. The highest BCUT2D eigenvalue weighted by Gasteiger charge is 2.27. The first-order valence-electron chi connectivity index (χ1n) is 9.63. The van der Waals surface area contributed by atoms with Crippen molar-refractivity contribution in [2.75, 3.05) is 32.8 Å². The molecule has 0 saturated carbocycles. The molecule has 0 aliphatic carbocycles. The second-order valence-electron chi connectivity index (χ2n) is 7.05. The molecule has 3 heterocycles. The molecule has 1 saturated heterocycles. The van der Waals surface area contributed by atoms with E-state index in [9.17, 15) is 4.79 Å². The Bertz CT molecular complexity index is 986. The Morgan fingerprint density at radius 1 is 1.25 bits per heavy atom. The van der Waals surface area contributed by atoms with Crippen molar-refractivity contribution >= 4 is 28.2 Å². The number of amides is 1. The Hall–Kier alpha value is -2.38. The number of hydrogen-bond acceptors (Lipinski definition) is 6. The maximum Gasteiger partial charge on any atom is 0.258 e. The molecule has 148 valence electrons. The zero-order valence-corrected chi connectivity index (χ0v) is 17.3. The van der Waals surface area contributed by atoms with E-state index in [1.165, 1.54) is 0 Å². The SMILES string of the molecule is CCOc1ccc2oc(C)c(C(=O)N3CCN(Cc4csc(C)n4)CC3)c2c1. The summed E-state index contributed by atoms with van der Waals surface area (Å²) in [5.41, 5.74) is 2.49. The molecule has 1 amide bonds. The van der Waals surface area contributed by atoms with Crippen molar-refractivity contribution in [3.8, 4) is 5.75 Å². The Morgan fingerprint density at radius 2 is 2.04 bits per heavy atom. The van der Waals surface area contributed by atoms with Crippen molar-refractivity contribution in [3.63, 3.8) is 0 Å². The van der Waals surface area contributed by atoms with Crippen molar-refractivity contribution < 1.29 is 13.9 Å². The van der Waals surface area contributed by atoms with Crippen molar-refractivity contribution in [2.24, 2.45) is 0 Å². The Labute approximate surface area is 168 Å². The first kappa shape index (κ1) is 19.0. The third-order valence-electron chi connectivity index (χ3n) is 5.07. The summed E-state index contributed by atoms with van der Waals surface area (Å²) in [6.07, 6.45) is 0. The fourth-order valence-corrected chi connectivity index (χ4v) is 4.30. The molecule has 28 heavy (non-hydrogen) atoms. The topological polar surface area (TPSA) is 58.8 Å². The number of benzene rings is 1. The largest absolute Gasteiger partial charge is 0.494 e. The summed E-state index contributed by atoms with van der Waals surface area (Å²) in [5.74, 6) is 1.45. The molecule has 0 radical (unpaired) electrons. The second kappa shape index (κ2) is 7.93. The van der Waals surface area contributed by atoms with Crippen LogP contribution in [0.4, 0.5) is 0 Å². The Kier molecular flexibility index (Phi) is 5.37. The molecule has 1 fully saturated rings. The van der Waals surface area contributed by atoms with Gasteiger partial charge in [0, 0.05) is 43.5 Å². The summed E-state index contributed by atoms with van der Waals surface area (Å²) in [4.78, 5) is 22.0. The highest BCUT2D eigenvalue weighted by molar-refractivity contribution is 7.09. The molecule has 7 heteroatoms. The first-order chi connectivity index (χ1) is 13.5. The smallest absolute Gasteiger partial charge is 0.258 e. The van der Waals surface area contributed by atoms with Crippen LogP contribution in [-0.4, -0.2) is 53.5 Å². The van der Waals surface area contributed by atoms with E-state index in [1.807, 2.05) is 43.9 Å². The zero-order chi connectivity index (χ0) is 19.7. The van der Waals surface area contributed by atoms with E-state index in [1.54, 1.807) is 11.3 Å². The number of rotatable bonds is 5. The van der Waals surface area contributed by atoms with Crippen LogP contribution in [0.1, 0.15) is 33.7 Å². The number of ether oxygens (including phenoxy) is 1. The average Bonchev–Trinajstić information content (AvgIpc) is 3.23. The van der Waals surface area contributed by atoms with Crippen LogP contribution in [0.3, 0.4) is 0 Å². The number of carbonyl (C=O) groups is 1. The molecule has 4 rings (SSSR count). The number of nitrogens with zero attached hydrogens (tertiary/aromatic N) is 3. The predicted molar refractivity (Wildman–Crippen MR) is 110 cm³/mol. The van der Waals surface area contributed by atoms with E-state index in [-0.39, 0.29) is 5.91 Å². The lowest BCUT2D eigenvalue weighted by Crippen LogP contribution is -2.48. The fourth-order valence-electron chi connectivity index (χ4n) is 3.70. The lowest BCUT2D eigenvalue weighted by Gasteiger charge is -2.34. The number of fused-ring (bicyclic) bond motifs is 1. The minimum absolute atomic E-state index is 0.0362. The minimum Gasteiger partial charge on any atom is -0.494 e. The maximum atomic E-state index is 13.2. The first-order valence-corrected chi connectivity index (χ1v) is 10.5. The van der Waals surface area contributed by atoms with Crippen LogP contribution in [0.25, 0.3) is 11.0 Å². The third kappa shape index (κ3) is 3.77. The van der Waals surface area contributed by atoms with Gasteiger partial charge in [0.1, 0.15) is 17.1 Å². The molecular formula is C21H25N3O3S. The highest BCUT2D eigenvalue weighted by atomic mass is 32.1. The van der Waals surface area contributed by atoms with Gasteiger partial charge in [0.05, 0.1) is 22.9 Å². The Balaban J connectivity index is 1.47. The quantitative estimate of drug-likeness (QED) is 0.652. The summed E-state index contributed by atoms with van der Waals surface area (Å²) >= 11 is 1.68. The van der Waals surface area contributed by atoms with Crippen LogP contribution in [0, 0.1) is 13.8 Å². The van der Waals surface area contributed by atoms with Gasteiger partial charge in [-0.15, -0.1) is 11.3 Å². The highest BCUT2D eigenvalue weighted by Crippen LogP contribution is 2.30. The van der Waals surface area contributed by atoms with Crippen LogP contribution in [-0.2, 0) is 6.54 Å². The zero-order valence-electron chi connectivity index (χ0n) is 16.5. The number of hydrogen-bond donors (Lipinski definition) is 0. The van der Waals surface area contributed by atoms with Gasteiger partial charge >= 0.3 is 0 Å². The van der Waals surface area contributed by atoms with E-state index >= 15 is 0 Å². The van der Waals surface area contributed by atoms with Crippen molar-refractivity contribution in [1.82, 2.24) is 14.8 Å². The molecule has 1 aliphatic rings. The van der Waals surface area contributed by atoms with Crippen molar-refractivity contribution in [2.45, 2.75) is 27.3 Å². The molecular weight excluding hydrogens is 374 g/mol. The van der Waals surface area contributed by atoms with Crippen LogP contribution in [0.2, 0.25) is 0 Å². The van der Waals surface area contributed by atoms with Gasteiger partial charge in [-0.1, -0.05) is 0 Å². The summed E-state index contributed by atoms with van der Waals surface area (Å²) in [7, 11) is 0. The number of carbonyl (C=O) groups excluding carboxylic acids is 1. The minimum atomic E-state index is 0.0362. The maximum absolute atomic E-state index is 13.2. The number of thiazole rings is 1. The molecule has 0 unspecified atom stereocenters. The van der Waals surface area contributed by atoms with Gasteiger partial charge < -0.3 is 14.1 Å². The molecule has 0 N–H and O–H groups in total. The average molecular weight is 400 g/mol. The molecule has 0 atom stereocenters. The van der Waals surface area contributed by atoms with E-state index in [2.05, 4.69) is 15.3 Å². The monoisotopic (exact) mass is 399 g/mol. The van der Waals surface area contributed by atoms with Gasteiger partial charge in [-0.25, -0.2) is 4.98 Å². The Morgan fingerprint density at radius 3 is 2.71 bits per heavy atom. The molecule has 1 aromatic carbocycles. The third-order valence-corrected chi connectivity index (χ3v) is 5.89. The van der Waals surface area contributed by atoms with Gasteiger partial charge in [-0.2, -0.15) is 0 Å². The van der Waals surface area contributed by atoms with Crippen LogP contribution in [0.5, 0.6) is 5.75 Å². The summed E-state index contributed by atoms with van der Waals surface area (Å²) in [6.45, 7) is 10.4. The van der Waals surface area contributed by atoms with Crippen LogP contribution in [0.15, 0.2) is 28.0 Å². The van der Waals surface area contributed by atoms with E-state index in [0.717, 1.165) is 47.1 Å². The summed E-state index contributed by atoms with van der Waals surface area (Å²) < 4.78 is 11.4. The van der Waals surface area contributed by atoms with Crippen LogP contribution < -0.4 is 4.74 Å². The second-order valence-corrected chi connectivity index (χ2v) is 8.11. The van der Waals surface area contributed by atoms with Gasteiger partial charge in [0.25, 0.3) is 5.91 Å². The fraction of sp³-hybridized carbons (Fsp3) is 0.429. The predicted octanol–water partition coefficient (Wildman–Crippen LogP) is 3.86. The molecule has 0 bridgehead atoms. The molecule has 6 nitrogen and oxygen atoms in total. The molecule has 3 aromatic rings. The van der Waals surface area contributed by atoms with Crippen LogP contribution >= 0.6 is 11.3 Å². The van der Waals surface area contributed by atoms with E-state index in [0.29, 0.717) is 31.0 Å². The lowest BCUT2D eigenvalue weighted by molar-refractivity contribution is 0.0627. The normalized spacial score (nSPS) is 15.3. The van der Waals surface area contributed by atoms with Crippen molar-refractivity contribution in [1.29, 1.82) is 0 Å². The molecule has 2 aromatic heterocycles. The summed E-state index contributed by atoms with van der Waals surface area (Å²) in [6, 6.07) is 5.66. The number of aromatic nitrogens is 1. The summed E-state index contributed by atoms with van der Waals surface area (Å²) in [5, 5.41) is 4.04. The van der Waals surface area contributed by atoms with Gasteiger partial charge in [-0.05, 0) is 39.0 Å². The van der Waals surface area contributed by atoms with E-state index < -0.39 is 0 Å². The number of piperazine rings is 1. The van der Waals surface area contributed by atoms with Gasteiger partial charge in [0.2, 0.25) is 0 Å². The molecule has 0 spiro atoms. The lowest BCUT2D eigenvalue weighted by atomic mass is 10.1. The molecule has 1 aliphatic heterocycles. The number of aryl methyl sites for hydroxylation is 2. The van der Waals surface area contributed by atoms with Gasteiger partial charge in [-0.3, -0.25) is 9.69 Å². The van der Waals surface area contributed by atoms with E-state index in [4.69, 9.17) is 9.15 Å². The van der Waals surface area contributed by atoms with Crippen molar-refractivity contribution in [3.05, 3.63) is 45.6 Å².